The Balaban J connectivity index is 1.83. The van der Waals surface area contributed by atoms with E-state index >= 15 is 0 Å². The predicted octanol–water partition coefficient (Wildman–Crippen LogP) is 5.17. The fourth-order valence-electron chi connectivity index (χ4n) is 3.52. The van der Waals surface area contributed by atoms with Crippen LogP contribution >= 0.6 is 0 Å². The van der Waals surface area contributed by atoms with Crippen molar-refractivity contribution in [1.82, 2.24) is 5.32 Å². The predicted molar refractivity (Wildman–Crippen MR) is 88.1 cm³/mol. The molecule has 0 saturated heterocycles. The van der Waals surface area contributed by atoms with Gasteiger partial charge in [0.05, 0.1) is 0 Å². The van der Waals surface area contributed by atoms with Crippen LogP contribution in [0, 0.1) is 25.7 Å². The standard InChI is InChI=1S/C19H31N/c1-5-17-8-10-18(11-9-17)13-20-16(4)19-12-14(2)6-7-15(19)3/h6-7,12,16-18,20H,5,8-11,13H2,1-4H3. The Labute approximate surface area is 125 Å². The molecule has 112 valence electrons. The van der Waals surface area contributed by atoms with Gasteiger partial charge >= 0.3 is 0 Å². The Morgan fingerprint density at radius 3 is 2.40 bits per heavy atom. The first-order chi connectivity index (χ1) is 9.60. The van der Waals surface area contributed by atoms with E-state index in [4.69, 9.17) is 0 Å². The van der Waals surface area contributed by atoms with Crippen LogP contribution in [0.25, 0.3) is 0 Å². The molecular formula is C19H31N. The molecule has 20 heavy (non-hydrogen) atoms. The zero-order valence-corrected chi connectivity index (χ0v) is 13.7. The van der Waals surface area contributed by atoms with Crippen molar-refractivity contribution >= 4 is 0 Å². The molecule has 1 aliphatic carbocycles. The monoisotopic (exact) mass is 273 g/mol. The molecule has 0 spiro atoms. The topological polar surface area (TPSA) is 12.0 Å². The molecule has 1 N–H and O–H groups in total. The average molecular weight is 273 g/mol. The maximum Gasteiger partial charge on any atom is 0.0294 e. The van der Waals surface area contributed by atoms with Crippen molar-refractivity contribution in [2.45, 2.75) is 65.8 Å². The van der Waals surface area contributed by atoms with Gasteiger partial charge in [-0.3, -0.25) is 0 Å². The van der Waals surface area contributed by atoms with E-state index in [9.17, 15) is 0 Å². The minimum Gasteiger partial charge on any atom is -0.310 e. The van der Waals surface area contributed by atoms with Gasteiger partial charge in [-0.15, -0.1) is 0 Å². The Morgan fingerprint density at radius 2 is 1.75 bits per heavy atom. The molecule has 1 aromatic rings. The molecule has 0 aromatic heterocycles. The summed E-state index contributed by atoms with van der Waals surface area (Å²) in [5.74, 6) is 1.90. The van der Waals surface area contributed by atoms with Crippen molar-refractivity contribution in [3.8, 4) is 0 Å². The summed E-state index contributed by atoms with van der Waals surface area (Å²) in [6.07, 6.45) is 7.11. The van der Waals surface area contributed by atoms with E-state index in [1.54, 1.807) is 0 Å². The first-order valence-corrected chi connectivity index (χ1v) is 8.40. The summed E-state index contributed by atoms with van der Waals surface area (Å²) in [6.45, 7) is 10.2. The van der Waals surface area contributed by atoms with Gasteiger partial charge in [-0.2, -0.15) is 0 Å². The van der Waals surface area contributed by atoms with Gasteiger partial charge < -0.3 is 5.32 Å². The number of nitrogens with one attached hydrogen (secondary N) is 1. The van der Waals surface area contributed by atoms with E-state index < -0.39 is 0 Å². The minimum atomic E-state index is 0.471. The molecular weight excluding hydrogens is 242 g/mol. The van der Waals surface area contributed by atoms with Crippen LogP contribution in [0.5, 0.6) is 0 Å². The quantitative estimate of drug-likeness (QED) is 0.780. The summed E-state index contributed by atoms with van der Waals surface area (Å²) >= 11 is 0. The average Bonchev–Trinajstić information content (AvgIpc) is 2.47. The largest absolute Gasteiger partial charge is 0.310 e. The molecule has 1 nitrogen and oxygen atoms in total. The Morgan fingerprint density at radius 1 is 1.10 bits per heavy atom. The molecule has 2 rings (SSSR count). The van der Waals surface area contributed by atoms with Crippen molar-refractivity contribution in [2.75, 3.05) is 6.54 Å². The van der Waals surface area contributed by atoms with Crippen LogP contribution in [-0.2, 0) is 0 Å². The van der Waals surface area contributed by atoms with E-state index in [1.165, 1.54) is 55.3 Å². The summed E-state index contributed by atoms with van der Waals surface area (Å²) in [5, 5.41) is 3.77. The van der Waals surface area contributed by atoms with E-state index in [1.807, 2.05) is 0 Å². The zero-order chi connectivity index (χ0) is 14.5. The second-order valence-electron chi connectivity index (χ2n) is 6.78. The molecule has 1 heteroatoms. The summed E-state index contributed by atoms with van der Waals surface area (Å²) in [6, 6.07) is 7.26. The molecule has 1 aliphatic rings. The number of rotatable bonds is 5. The second kappa shape index (κ2) is 7.26. The van der Waals surface area contributed by atoms with Crippen molar-refractivity contribution in [3.05, 3.63) is 34.9 Å². The lowest BCUT2D eigenvalue weighted by Crippen LogP contribution is -2.28. The van der Waals surface area contributed by atoms with Gasteiger partial charge in [0.2, 0.25) is 0 Å². The van der Waals surface area contributed by atoms with Crippen LogP contribution in [0.2, 0.25) is 0 Å². The highest BCUT2D eigenvalue weighted by molar-refractivity contribution is 5.32. The van der Waals surface area contributed by atoms with Gasteiger partial charge in [0.15, 0.2) is 0 Å². The fraction of sp³-hybridized carbons (Fsp3) is 0.684. The van der Waals surface area contributed by atoms with Gasteiger partial charge in [-0.05, 0) is 63.1 Å². The molecule has 1 saturated carbocycles. The molecule has 1 atom stereocenters. The van der Waals surface area contributed by atoms with Gasteiger partial charge in [0.1, 0.15) is 0 Å². The van der Waals surface area contributed by atoms with Crippen LogP contribution in [0.3, 0.4) is 0 Å². The molecule has 0 heterocycles. The minimum absolute atomic E-state index is 0.471. The smallest absolute Gasteiger partial charge is 0.0294 e. The summed E-state index contributed by atoms with van der Waals surface area (Å²) in [4.78, 5) is 0. The van der Waals surface area contributed by atoms with E-state index in [0.717, 1.165) is 11.8 Å². The second-order valence-corrected chi connectivity index (χ2v) is 6.78. The first kappa shape index (κ1) is 15.6. The van der Waals surface area contributed by atoms with Crippen molar-refractivity contribution in [2.24, 2.45) is 11.8 Å². The third-order valence-corrected chi connectivity index (χ3v) is 5.16. The van der Waals surface area contributed by atoms with Crippen LogP contribution < -0.4 is 5.32 Å². The Hall–Kier alpha value is -0.820. The normalized spacial score (nSPS) is 24.6. The number of hydrogen-bond acceptors (Lipinski definition) is 1. The van der Waals surface area contributed by atoms with Crippen molar-refractivity contribution in [1.29, 1.82) is 0 Å². The van der Waals surface area contributed by atoms with Crippen LogP contribution in [-0.4, -0.2) is 6.54 Å². The number of aryl methyl sites for hydroxylation is 2. The Kier molecular flexibility index (Phi) is 5.65. The summed E-state index contributed by atoms with van der Waals surface area (Å²) in [5.41, 5.74) is 4.24. The van der Waals surface area contributed by atoms with Crippen LogP contribution in [0.1, 0.15) is 68.7 Å². The molecule has 0 amide bonds. The molecule has 0 radical (unpaired) electrons. The highest BCUT2D eigenvalue weighted by atomic mass is 14.9. The summed E-state index contributed by atoms with van der Waals surface area (Å²) < 4.78 is 0. The van der Waals surface area contributed by atoms with Crippen molar-refractivity contribution in [3.63, 3.8) is 0 Å². The summed E-state index contributed by atoms with van der Waals surface area (Å²) in [7, 11) is 0. The third-order valence-electron chi connectivity index (χ3n) is 5.16. The molecule has 0 aliphatic heterocycles. The van der Waals surface area contributed by atoms with Crippen molar-refractivity contribution < 1.29 is 0 Å². The van der Waals surface area contributed by atoms with Gasteiger partial charge in [0, 0.05) is 6.04 Å². The maximum atomic E-state index is 3.77. The highest BCUT2D eigenvalue weighted by Crippen LogP contribution is 2.30. The lowest BCUT2D eigenvalue weighted by Gasteiger charge is -2.29. The van der Waals surface area contributed by atoms with Gasteiger partial charge in [-0.25, -0.2) is 0 Å². The zero-order valence-electron chi connectivity index (χ0n) is 13.7. The Bertz CT molecular complexity index is 416. The SMILES string of the molecule is CCC1CCC(CNC(C)c2cc(C)ccc2C)CC1. The van der Waals surface area contributed by atoms with E-state index in [-0.39, 0.29) is 0 Å². The maximum absolute atomic E-state index is 3.77. The number of hydrogen-bond donors (Lipinski definition) is 1. The highest BCUT2D eigenvalue weighted by Gasteiger charge is 2.20. The van der Waals surface area contributed by atoms with E-state index in [0.29, 0.717) is 6.04 Å². The third kappa shape index (κ3) is 4.09. The van der Waals surface area contributed by atoms with Crippen LogP contribution in [0.4, 0.5) is 0 Å². The lowest BCUT2D eigenvalue weighted by atomic mass is 9.81. The van der Waals surface area contributed by atoms with Crippen LogP contribution in [0.15, 0.2) is 18.2 Å². The first-order valence-electron chi connectivity index (χ1n) is 8.40. The van der Waals surface area contributed by atoms with E-state index in [2.05, 4.69) is 51.2 Å². The molecule has 1 unspecified atom stereocenters. The van der Waals surface area contributed by atoms with Gasteiger partial charge in [-0.1, -0.05) is 49.9 Å². The number of benzene rings is 1. The van der Waals surface area contributed by atoms with Gasteiger partial charge in [0.25, 0.3) is 0 Å². The molecule has 1 aromatic carbocycles. The molecule has 1 fully saturated rings. The molecule has 0 bridgehead atoms. The fourth-order valence-corrected chi connectivity index (χ4v) is 3.52. The lowest BCUT2D eigenvalue weighted by molar-refractivity contribution is 0.258.